The van der Waals surface area contributed by atoms with E-state index in [-0.39, 0.29) is 19.1 Å². The topological polar surface area (TPSA) is 73.9 Å². The summed E-state index contributed by atoms with van der Waals surface area (Å²) >= 11 is 0. The van der Waals surface area contributed by atoms with Crippen LogP contribution in [0.3, 0.4) is 0 Å². The van der Waals surface area contributed by atoms with E-state index in [0.717, 1.165) is 11.1 Å². The third-order valence-corrected chi connectivity index (χ3v) is 3.65. The van der Waals surface area contributed by atoms with E-state index in [2.05, 4.69) is 5.32 Å². The molecule has 2 rings (SSSR count). The lowest BCUT2D eigenvalue weighted by atomic mass is 10.1. The second-order valence-corrected chi connectivity index (χ2v) is 5.59. The highest BCUT2D eigenvalue weighted by molar-refractivity contribution is 5.98. The van der Waals surface area contributed by atoms with Crippen molar-refractivity contribution in [1.82, 2.24) is 5.32 Å². The second-order valence-electron chi connectivity index (χ2n) is 5.59. The van der Waals surface area contributed by atoms with Crippen LogP contribution in [-0.4, -0.2) is 32.1 Å². The number of methoxy groups -OCH3 is 1. The molecule has 0 saturated carbocycles. The van der Waals surface area contributed by atoms with Crippen molar-refractivity contribution < 1.29 is 23.8 Å². The molecule has 0 saturated heterocycles. The third kappa shape index (κ3) is 5.24. The van der Waals surface area contributed by atoms with Crippen molar-refractivity contribution in [3.63, 3.8) is 0 Å². The van der Waals surface area contributed by atoms with E-state index >= 15 is 0 Å². The van der Waals surface area contributed by atoms with E-state index in [4.69, 9.17) is 14.2 Å². The normalized spacial score (nSPS) is 10.1. The average Bonchev–Trinajstić information content (AvgIpc) is 2.65. The first kappa shape index (κ1) is 19.3. The Labute approximate surface area is 153 Å². The average molecular weight is 357 g/mol. The Bertz CT molecular complexity index is 773. The first-order chi connectivity index (χ1) is 12.5. The van der Waals surface area contributed by atoms with E-state index in [1.165, 1.54) is 0 Å². The van der Waals surface area contributed by atoms with Gasteiger partial charge in [-0.15, -0.1) is 0 Å². The molecule has 2 aromatic carbocycles. The maximum Gasteiger partial charge on any atom is 0.325 e. The number of hydrogen-bond donors (Lipinski definition) is 1. The van der Waals surface area contributed by atoms with Gasteiger partial charge in [-0.2, -0.15) is 0 Å². The van der Waals surface area contributed by atoms with Crippen molar-refractivity contribution in [3.8, 4) is 11.5 Å². The van der Waals surface area contributed by atoms with Crippen molar-refractivity contribution in [2.45, 2.75) is 20.5 Å². The Morgan fingerprint density at radius 1 is 1.08 bits per heavy atom. The number of carbonyl (C=O) groups excluding carboxylic acids is 2. The van der Waals surface area contributed by atoms with Gasteiger partial charge >= 0.3 is 5.97 Å². The molecule has 0 atom stereocenters. The van der Waals surface area contributed by atoms with Crippen LogP contribution in [0, 0.1) is 6.92 Å². The van der Waals surface area contributed by atoms with E-state index in [9.17, 15) is 9.59 Å². The minimum absolute atomic E-state index is 0.0785. The number of nitrogens with one attached hydrogen (secondary N) is 1. The standard InChI is InChI=1S/C20H23NO5/c1-4-25-18-8-6-5-7-16(18)20(23)21-12-19(22)26-13-15-11-14(2)9-10-17(15)24-3/h5-11H,4,12-13H2,1-3H3,(H,21,23). The fourth-order valence-corrected chi connectivity index (χ4v) is 2.41. The van der Waals surface area contributed by atoms with E-state index in [0.29, 0.717) is 23.7 Å². The van der Waals surface area contributed by atoms with Gasteiger partial charge in [0, 0.05) is 5.56 Å². The molecular weight excluding hydrogens is 334 g/mol. The van der Waals surface area contributed by atoms with Crippen molar-refractivity contribution in [3.05, 3.63) is 59.2 Å². The van der Waals surface area contributed by atoms with E-state index < -0.39 is 5.97 Å². The number of hydrogen-bond acceptors (Lipinski definition) is 5. The summed E-state index contributed by atoms with van der Waals surface area (Å²) in [5.74, 6) is 0.207. The molecule has 0 aromatic heterocycles. The van der Waals surface area contributed by atoms with E-state index in [1.807, 2.05) is 32.0 Å². The number of aryl methyl sites for hydroxylation is 1. The Kier molecular flexibility index (Phi) is 7.02. The van der Waals surface area contributed by atoms with Gasteiger partial charge in [0.25, 0.3) is 5.91 Å². The molecule has 0 aliphatic rings. The van der Waals surface area contributed by atoms with Crippen molar-refractivity contribution >= 4 is 11.9 Å². The third-order valence-electron chi connectivity index (χ3n) is 3.65. The minimum Gasteiger partial charge on any atom is -0.496 e. The molecule has 26 heavy (non-hydrogen) atoms. The van der Waals surface area contributed by atoms with Crippen molar-refractivity contribution in [1.29, 1.82) is 0 Å². The van der Waals surface area contributed by atoms with Gasteiger partial charge in [0.05, 0.1) is 19.3 Å². The first-order valence-corrected chi connectivity index (χ1v) is 8.34. The fraction of sp³-hybridized carbons (Fsp3) is 0.300. The molecule has 138 valence electrons. The van der Waals surface area contributed by atoms with Crippen LogP contribution in [0.15, 0.2) is 42.5 Å². The Morgan fingerprint density at radius 3 is 2.58 bits per heavy atom. The molecule has 0 bridgehead atoms. The lowest BCUT2D eigenvalue weighted by Gasteiger charge is -2.12. The second kappa shape index (κ2) is 9.46. The Morgan fingerprint density at radius 2 is 1.85 bits per heavy atom. The first-order valence-electron chi connectivity index (χ1n) is 8.34. The molecule has 1 N–H and O–H groups in total. The van der Waals surface area contributed by atoms with Gasteiger partial charge in [-0.3, -0.25) is 9.59 Å². The smallest absolute Gasteiger partial charge is 0.325 e. The van der Waals surface area contributed by atoms with Crippen LogP contribution in [-0.2, 0) is 16.1 Å². The summed E-state index contributed by atoms with van der Waals surface area (Å²) in [6.07, 6.45) is 0. The summed E-state index contributed by atoms with van der Waals surface area (Å²) in [7, 11) is 1.56. The number of benzene rings is 2. The molecule has 2 aromatic rings. The quantitative estimate of drug-likeness (QED) is 0.736. The molecule has 1 amide bonds. The van der Waals surface area contributed by atoms with Crippen LogP contribution >= 0.6 is 0 Å². The predicted molar refractivity (Wildman–Crippen MR) is 97.5 cm³/mol. The zero-order valence-electron chi connectivity index (χ0n) is 15.2. The summed E-state index contributed by atoms with van der Waals surface area (Å²) in [4.78, 5) is 24.2. The summed E-state index contributed by atoms with van der Waals surface area (Å²) in [6, 6.07) is 12.5. The molecule has 0 aliphatic heterocycles. The predicted octanol–water partition coefficient (Wildman–Crippen LogP) is 2.88. The molecule has 0 heterocycles. The van der Waals surface area contributed by atoms with Crippen molar-refractivity contribution in [2.75, 3.05) is 20.3 Å². The van der Waals surface area contributed by atoms with Crippen LogP contribution < -0.4 is 14.8 Å². The van der Waals surface area contributed by atoms with Crippen LogP contribution in [0.4, 0.5) is 0 Å². The van der Waals surface area contributed by atoms with Gasteiger partial charge < -0.3 is 19.5 Å². The fourth-order valence-electron chi connectivity index (χ4n) is 2.41. The highest BCUT2D eigenvalue weighted by atomic mass is 16.5. The largest absolute Gasteiger partial charge is 0.496 e. The summed E-state index contributed by atoms with van der Waals surface area (Å²) in [5.41, 5.74) is 2.19. The maximum atomic E-state index is 12.2. The van der Waals surface area contributed by atoms with Crippen LogP contribution in [0.1, 0.15) is 28.4 Å². The zero-order chi connectivity index (χ0) is 18.9. The Hall–Kier alpha value is -3.02. The monoisotopic (exact) mass is 357 g/mol. The van der Waals surface area contributed by atoms with Gasteiger partial charge in [-0.05, 0) is 38.1 Å². The summed E-state index contributed by atoms with van der Waals surface area (Å²) in [6.45, 7) is 4.08. The van der Waals surface area contributed by atoms with Gasteiger partial charge in [0.15, 0.2) is 0 Å². The van der Waals surface area contributed by atoms with Gasteiger partial charge in [0.2, 0.25) is 0 Å². The molecule has 0 radical (unpaired) electrons. The van der Waals surface area contributed by atoms with Crippen LogP contribution in [0.2, 0.25) is 0 Å². The van der Waals surface area contributed by atoms with Crippen LogP contribution in [0.25, 0.3) is 0 Å². The molecule has 6 nitrogen and oxygen atoms in total. The number of esters is 1. The molecule has 0 fully saturated rings. The molecule has 0 aliphatic carbocycles. The molecular formula is C20H23NO5. The molecule has 6 heteroatoms. The summed E-state index contributed by atoms with van der Waals surface area (Å²) in [5, 5.41) is 2.55. The Balaban J connectivity index is 1.89. The maximum absolute atomic E-state index is 12.2. The van der Waals surface area contributed by atoms with Gasteiger partial charge in [-0.1, -0.05) is 23.8 Å². The number of para-hydroxylation sites is 1. The zero-order valence-corrected chi connectivity index (χ0v) is 15.2. The number of rotatable bonds is 8. The minimum atomic E-state index is -0.532. The van der Waals surface area contributed by atoms with Gasteiger partial charge in [-0.25, -0.2) is 0 Å². The molecule has 0 unspecified atom stereocenters. The highest BCUT2D eigenvalue weighted by Crippen LogP contribution is 2.20. The van der Waals surface area contributed by atoms with Crippen LogP contribution in [0.5, 0.6) is 11.5 Å². The van der Waals surface area contributed by atoms with E-state index in [1.54, 1.807) is 31.4 Å². The summed E-state index contributed by atoms with van der Waals surface area (Å²) < 4.78 is 15.9. The SMILES string of the molecule is CCOc1ccccc1C(=O)NCC(=O)OCc1cc(C)ccc1OC. The van der Waals surface area contributed by atoms with Gasteiger partial charge in [0.1, 0.15) is 24.7 Å². The highest BCUT2D eigenvalue weighted by Gasteiger charge is 2.14. The number of amides is 1. The lowest BCUT2D eigenvalue weighted by Crippen LogP contribution is -2.30. The molecule has 0 spiro atoms. The number of carbonyl (C=O) groups is 2. The number of ether oxygens (including phenoxy) is 3. The lowest BCUT2D eigenvalue weighted by molar-refractivity contribution is -0.143. The van der Waals surface area contributed by atoms with Crippen molar-refractivity contribution in [2.24, 2.45) is 0 Å².